The molecule has 3 heterocycles. The summed E-state index contributed by atoms with van der Waals surface area (Å²) in [6.45, 7) is 1.98. The first-order valence-electron chi connectivity index (χ1n) is 8.03. The molecule has 6 nitrogen and oxygen atoms in total. The normalized spacial score (nSPS) is 14.4. The van der Waals surface area contributed by atoms with E-state index in [0.717, 1.165) is 29.3 Å². The summed E-state index contributed by atoms with van der Waals surface area (Å²) < 4.78 is 5.94. The molecule has 3 aromatic rings. The average molecular weight is 357 g/mol. The van der Waals surface area contributed by atoms with Gasteiger partial charge in [0.05, 0.1) is 17.8 Å². The van der Waals surface area contributed by atoms with Crippen molar-refractivity contribution in [3.05, 3.63) is 68.8 Å². The number of nitrogens with one attached hydrogen (secondary N) is 1. The summed E-state index contributed by atoms with van der Waals surface area (Å²) >= 11 is 5.92. The Hall–Kier alpha value is -2.57. The fourth-order valence-corrected chi connectivity index (χ4v) is 3.21. The molecular weight excluding hydrogens is 340 g/mol. The predicted octanol–water partition coefficient (Wildman–Crippen LogP) is 2.82. The third kappa shape index (κ3) is 3.31. The zero-order chi connectivity index (χ0) is 17.4. The molecule has 1 aliphatic heterocycles. The first kappa shape index (κ1) is 15.9. The van der Waals surface area contributed by atoms with Crippen molar-refractivity contribution in [1.29, 1.82) is 0 Å². The van der Waals surface area contributed by atoms with E-state index in [4.69, 9.17) is 21.8 Å². The summed E-state index contributed by atoms with van der Waals surface area (Å²) in [5.41, 5.74) is 7.90. The molecule has 0 unspecified atom stereocenters. The first-order chi connectivity index (χ1) is 12.1. The minimum atomic E-state index is -0.159. The van der Waals surface area contributed by atoms with Crippen molar-refractivity contribution in [2.24, 2.45) is 0 Å². The lowest BCUT2D eigenvalue weighted by Crippen LogP contribution is -2.35. The topological polar surface area (TPSA) is 88.1 Å². The molecular formula is C18H17ClN4O2. The Balaban J connectivity index is 1.50. The van der Waals surface area contributed by atoms with Crippen molar-refractivity contribution in [3.63, 3.8) is 0 Å². The molecule has 1 aromatic carbocycles. The molecule has 0 bridgehead atoms. The molecule has 0 radical (unpaired) electrons. The fourth-order valence-electron chi connectivity index (χ4n) is 3.09. The highest BCUT2D eigenvalue weighted by molar-refractivity contribution is 6.30. The number of benzene rings is 1. The van der Waals surface area contributed by atoms with Gasteiger partial charge in [-0.25, -0.2) is 4.98 Å². The van der Waals surface area contributed by atoms with Crippen molar-refractivity contribution < 1.29 is 4.42 Å². The van der Waals surface area contributed by atoms with Crippen molar-refractivity contribution in [1.82, 2.24) is 14.9 Å². The average Bonchev–Trinajstić information content (AvgIpc) is 3.04. The van der Waals surface area contributed by atoms with E-state index in [1.807, 2.05) is 36.4 Å². The van der Waals surface area contributed by atoms with Gasteiger partial charge in [-0.05, 0) is 36.4 Å². The van der Waals surface area contributed by atoms with E-state index in [2.05, 4.69) is 14.9 Å². The molecule has 0 saturated heterocycles. The van der Waals surface area contributed by atoms with E-state index in [0.29, 0.717) is 30.1 Å². The van der Waals surface area contributed by atoms with Crippen LogP contribution in [0.5, 0.6) is 0 Å². The zero-order valence-corrected chi connectivity index (χ0v) is 14.2. The summed E-state index contributed by atoms with van der Waals surface area (Å²) in [7, 11) is 0. The number of H-pyrrole nitrogens is 1. The van der Waals surface area contributed by atoms with Gasteiger partial charge in [0.25, 0.3) is 5.56 Å². The molecule has 0 spiro atoms. The van der Waals surface area contributed by atoms with Crippen LogP contribution in [0.15, 0.2) is 45.6 Å². The number of aromatic nitrogens is 2. The fraction of sp³-hybridized carbons (Fsp3) is 0.222. The van der Waals surface area contributed by atoms with Crippen LogP contribution in [0.1, 0.15) is 17.0 Å². The van der Waals surface area contributed by atoms with E-state index >= 15 is 0 Å². The number of halogens is 1. The monoisotopic (exact) mass is 356 g/mol. The molecule has 1 aliphatic rings. The van der Waals surface area contributed by atoms with Crippen LogP contribution in [-0.2, 0) is 19.5 Å². The van der Waals surface area contributed by atoms with Gasteiger partial charge in [-0.1, -0.05) is 11.6 Å². The van der Waals surface area contributed by atoms with Crippen LogP contribution in [0.2, 0.25) is 5.02 Å². The SMILES string of the molecule is Nc1nc2c(c(=O)[nH]1)CN(Cc1ccc(-c3ccc(Cl)cc3)o1)CC2. The Morgan fingerprint density at radius 3 is 2.84 bits per heavy atom. The first-order valence-corrected chi connectivity index (χ1v) is 8.41. The summed E-state index contributed by atoms with van der Waals surface area (Å²) in [5.74, 6) is 1.83. The highest BCUT2D eigenvalue weighted by Crippen LogP contribution is 2.25. The Kier molecular flexibility index (Phi) is 4.07. The molecule has 0 saturated carbocycles. The van der Waals surface area contributed by atoms with E-state index < -0.39 is 0 Å². The number of aromatic amines is 1. The van der Waals surface area contributed by atoms with Gasteiger partial charge < -0.3 is 10.2 Å². The lowest BCUT2D eigenvalue weighted by Gasteiger charge is -2.26. The highest BCUT2D eigenvalue weighted by atomic mass is 35.5. The van der Waals surface area contributed by atoms with Crippen LogP contribution in [0, 0.1) is 0 Å². The number of hydrogen-bond acceptors (Lipinski definition) is 5. The minimum absolute atomic E-state index is 0.159. The van der Waals surface area contributed by atoms with Gasteiger partial charge in [-0.15, -0.1) is 0 Å². The van der Waals surface area contributed by atoms with Gasteiger partial charge in [0, 0.05) is 30.1 Å². The summed E-state index contributed by atoms with van der Waals surface area (Å²) in [5, 5.41) is 0.696. The van der Waals surface area contributed by atoms with Crippen LogP contribution in [0.4, 0.5) is 5.95 Å². The van der Waals surface area contributed by atoms with E-state index in [9.17, 15) is 4.79 Å². The van der Waals surface area contributed by atoms with Gasteiger partial charge >= 0.3 is 0 Å². The zero-order valence-electron chi connectivity index (χ0n) is 13.5. The maximum Gasteiger partial charge on any atom is 0.257 e. The van der Waals surface area contributed by atoms with Crippen molar-refractivity contribution >= 4 is 17.5 Å². The van der Waals surface area contributed by atoms with E-state index in [1.54, 1.807) is 0 Å². The van der Waals surface area contributed by atoms with Gasteiger partial charge in [-0.2, -0.15) is 0 Å². The quantitative estimate of drug-likeness (QED) is 0.753. The molecule has 3 N–H and O–H groups in total. The number of anilines is 1. The molecule has 0 atom stereocenters. The smallest absolute Gasteiger partial charge is 0.257 e. The number of rotatable bonds is 3. The second-order valence-corrected chi connectivity index (χ2v) is 6.55. The Morgan fingerprint density at radius 2 is 2.04 bits per heavy atom. The third-order valence-corrected chi connectivity index (χ3v) is 4.59. The second kappa shape index (κ2) is 6.38. The number of nitrogen functional groups attached to an aromatic ring is 1. The molecule has 0 fully saturated rings. The summed E-state index contributed by atoms with van der Waals surface area (Å²) in [6.07, 6.45) is 0.703. The predicted molar refractivity (Wildman–Crippen MR) is 96.2 cm³/mol. The van der Waals surface area contributed by atoms with Gasteiger partial charge in [-0.3, -0.25) is 14.7 Å². The van der Waals surface area contributed by atoms with Crippen LogP contribution < -0.4 is 11.3 Å². The number of hydrogen-bond donors (Lipinski definition) is 2. The molecule has 2 aromatic heterocycles. The van der Waals surface area contributed by atoms with Crippen molar-refractivity contribution in [2.45, 2.75) is 19.5 Å². The Morgan fingerprint density at radius 1 is 1.24 bits per heavy atom. The van der Waals surface area contributed by atoms with Crippen LogP contribution >= 0.6 is 11.6 Å². The molecule has 7 heteroatoms. The van der Waals surface area contributed by atoms with E-state index in [1.165, 1.54) is 0 Å². The van der Waals surface area contributed by atoms with Gasteiger partial charge in [0.15, 0.2) is 0 Å². The minimum Gasteiger partial charge on any atom is -0.460 e. The van der Waals surface area contributed by atoms with Gasteiger partial charge in [0.2, 0.25) is 5.95 Å². The van der Waals surface area contributed by atoms with E-state index in [-0.39, 0.29) is 11.5 Å². The van der Waals surface area contributed by atoms with Crippen LogP contribution in [-0.4, -0.2) is 21.4 Å². The molecule has 25 heavy (non-hydrogen) atoms. The standard InChI is InChI=1S/C18H17ClN4O2/c19-12-3-1-11(2-4-12)16-6-5-13(25-16)9-23-8-7-15-14(10-23)17(24)22-18(20)21-15/h1-6H,7-10H2,(H3,20,21,22,24). The number of furan rings is 1. The molecule has 4 rings (SSSR count). The lowest BCUT2D eigenvalue weighted by atomic mass is 10.1. The van der Waals surface area contributed by atoms with Gasteiger partial charge in [0.1, 0.15) is 11.5 Å². The van der Waals surface area contributed by atoms with Crippen LogP contribution in [0.25, 0.3) is 11.3 Å². The maximum atomic E-state index is 12.1. The van der Waals surface area contributed by atoms with Crippen molar-refractivity contribution in [2.75, 3.05) is 12.3 Å². The lowest BCUT2D eigenvalue weighted by molar-refractivity contribution is 0.223. The molecule has 0 amide bonds. The largest absolute Gasteiger partial charge is 0.460 e. The number of fused-ring (bicyclic) bond motifs is 1. The summed E-state index contributed by atoms with van der Waals surface area (Å²) in [6, 6.07) is 11.4. The molecule has 0 aliphatic carbocycles. The Bertz CT molecular complexity index is 962. The Labute approximate surface area is 149 Å². The highest BCUT2D eigenvalue weighted by Gasteiger charge is 2.21. The summed E-state index contributed by atoms with van der Waals surface area (Å²) in [4.78, 5) is 21.0. The molecule has 128 valence electrons. The maximum absolute atomic E-state index is 12.1. The van der Waals surface area contributed by atoms with Crippen LogP contribution in [0.3, 0.4) is 0 Å². The second-order valence-electron chi connectivity index (χ2n) is 6.11. The third-order valence-electron chi connectivity index (χ3n) is 4.34. The van der Waals surface area contributed by atoms with Crippen molar-refractivity contribution in [3.8, 4) is 11.3 Å². The number of nitrogens with two attached hydrogens (primary N) is 1. The number of nitrogens with zero attached hydrogens (tertiary/aromatic N) is 2.